The molecule has 0 N–H and O–H groups in total. The number of nitrogens with zero attached hydrogens (tertiary/aromatic N) is 4. The number of piperazine rings is 1. The minimum absolute atomic E-state index is 0.0267. The number of aromatic nitrogens is 2. The first kappa shape index (κ1) is 21.4. The maximum Gasteiger partial charge on any atom is 0.254 e. The number of hydrogen-bond acceptors (Lipinski definition) is 4. The van der Waals surface area contributed by atoms with Crippen molar-refractivity contribution in [2.45, 2.75) is 38.6 Å². The van der Waals surface area contributed by atoms with Crippen molar-refractivity contribution in [1.82, 2.24) is 19.0 Å². The molecule has 7 nitrogen and oxygen atoms in total. The summed E-state index contributed by atoms with van der Waals surface area (Å²) in [7, 11) is -3.77. The summed E-state index contributed by atoms with van der Waals surface area (Å²) >= 11 is 0. The van der Waals surface area contributed by atoms with E-state index in [1.165, 1.54) is 9.21 Å². The average Bonchev–Trinajstić information content (AvgIpc) is 2.95. The van der Waals surface area contributed by atoms with Crippen LogP contribution in [0.15, 0.2) is 23.1 Å². The Balaban J connectivity index is 1.77. The minimum atomic E-state index is -3.77. The van der Waals surface area contributed by atoms with E-state index in [4.69, 9.17) is 0 Å². The molecule has 158 valence electrons. The van der Waals surface area contributed by atoms with E-state index in [0.717, 1.165) is 12.1 Å². The Morgan fingerprint density at radius 1 is 1.03 bits per heavy atom. The standard InChI is InChI=1S/C19H24F2N4O3S/c1-12(2)25-14(4)18(13(3)22-25)29(27,28)24-7-5-23(6-8-24)19(26)15-9-16(20)11-17(21)10-15/h9-12H,5-8H2,1-4H3. The second-order valence-electron chi connectivity index (χ2n) is 7.39. The van der Waals surface area contributed by atoms with Crippen molar-refractivity contribution in [2.75, 3.05) is 26.2 Å². The zero-order valence-corrected chi connectivity index (χ0v) is 17.6. The molecule has 3 rings (SSSR count). The quantitative estimate of drug-likeness (QED) is 0.753. The third-order valence-electron chi connectivity index (χ3n) is 4.98. The van der Waals surface area contributed by atoms with E-state index in [1.54, 1.807) is 18.5 Å². The Labute approximate surface area is 169 Å². The number of carbonyl (C=O) groups is 1. The average molecular weight is 426 g/mol. The van der Waals surface area contributed by atoms with Crippen molar-refractivity contribution >= 4 is 15.9 Å². The lowest BCUT2D eigenvalue weighted by atomic mass is 10.1. The van der Waals surface area contributed by atoms with Gasteiger partial charge in [0.25, 0.3) is 5.91 Å². The van der Waals surface area contributed by atoms with Crippen LogP contribution in [0.1, 0.15) is 41.6 Å². The van der Waals surface area contributed by atoms with Crippen molar-refractivity contribution in [3.8, 4) is 0 Å². The molecule has 1 aromatic heterocycles. The van der Waals surface area contributed by atoms with Gasteiger partial charge in [-0.1, -0.05) is 0 Å². The SMILES string of the molecule is Cc1nn(C(C)C)c(C)c1S(=O)(=O)N1CCN(C(=O)c2cc(F)cc(F)c2)CC1. The monoisotopic (exact) mass is 426 g/mol. The van der Waals surface area contributed by atoms with Crippen molar-refractivity contribution in [2.24, 2.45) is 0 Å². The molecule has 1 aromatic carbocycles. The molecule has 0 aliphatic carbocycles. The zero-order valence-electron chi connectivity index (χ0n) is 16.8. The molecule has 2 aromatic rings. The lowest BCUT2D eigenvalue weighted by Crippen LogP contribution is -2.50. The van der Waals surface area contributed by atoms with Crippen LogP contribution in [-0.4, -0.2) is 59.5 Å². The number of carbonyl (C=O) groups excluding carboxylic acids is 1. The highest BCUT2D eigenvalue weighted by atomic mass is 32.2. The second kappa shape index (κ2) is 7.83. The number of benzene rings is 1. The van der Waals surface area contributed by atoms with Gasteiger partial charge in [-0.3, -0.25) is 9.48 Å². The van der Waals surface area contributed by atoms with E-state index < -0.39 is 27.6 Å². The van der Waals surface area contributed by atoms with Crippen LogP contribution in [0.2, 0.25) is 0 Å². The van der Waals surface area contributed by atoms with Gasteiger partial charge in [0.2, 0.25) is 10.0 Å². The van der Waals surface area contributed by atoms with Gasteiger partial charge in [-0.15, -0.1) is 0 Å². The van der Waals surface area contributed by atoms with E-state index in [-0.39, 0.29) is 42.7 Å². The van der Waals surface area contributed by atoms with Crippen LogP contribution < -0.4 is 0 Å². The van der Waals surface area contributed by atoms with Crippen molar-refractivity contribution in [3.63, 3.8) is 0 Å². The molecule has 1 saturated heterocycles. The normalized spacial score (nSPS) is 15.9. The predicted octanol–water partition coefficient (Wildman–Crippen LogP) is 2.51. The van der Waals surface area contributed by atoms with Crippen LogP contribution in [0, 0.1) is 25.5 Å². The van der Waals surface area contributed by atoms with Crippen molar-refractivity contribution in [1.29, 1.82) is 0 Å². The van der Waals surface area contributed by atoms with Gasteiger partial charge in [-0.05, 0) is 39.8 Å². The first-order chi connectivity index (χ1) is 13.5. The van der Waals surface area contributed by atoms with E-state index in [0.29, 0.717) is 17.5 Å². The summed E-state index contributed by atoms with van der Waals surface area (Å²) in [6.45, 7) is 7.70. The van der Waals surface area contributed by atoms with Crippen LogP contribution in [0.5, 0.6) is 0 Å². The van der Waals surface area contributed by atoms with Crippen LogP contribution in [0.3, 0.4) is 0 Å². The number of amides is 1. The predicted molar refractivity (Wildman–Crippen MR) is 103 cm³/mol. The van der Waals surface area contributed by atoms with Crippen LogP contribution in [0.25, 0.3) is 0 Å². The molecular weight excluding hydrogens is 402 g/mol. The maximum atomic E-state index is 13.4. The molecule has 10 heteroatoms. The van der Waals surface area contributed by atoms with Crippen LogP contribution in [0.4, 0.5) is 8.78 Å². The van der Waals surface area contributed by atoms with E-state index >= 15 is 0 Å². The molecule has 1 amide bonds. The summed E-state index contributed by atoms with van der Waals surface area (Å²) in [4.78, 5) is 14.1. The molecule has 0 saturated carbocycles. The fraction of sp³-hybridized carbons (Fsp3) is 0.474. The van der Waals surface area contributed by atoms with E-state index in [2.05, 4.69) is 5.10 Å². The van der Waals surface area contributed by atoms with Crippen LogP contribution >= 0.6 is 0 Å². The Morgan fingerprint density at radius 3 is 2.07 bits per heavy atom. The van der Waals surface area contributed by atoms with Crippen molar-refractivity contribution in [3.05, 3.63) is 46.8 Å². The molecule has 0 bridgehead atoms. The summed E-state index contributed by atoms with van der Waals surface area (Å²) < 4.78 is 56.1. The number of rotatable bonds is 4. The molecule has 29 heavy (non-hydrogen) atoms. The van der Waals surface area contributed by atoms with Gasteiger partial charge < -0.3 is 4.90 Å². The molecule has 1 aliphatic heterocycles. The molecule has 1 aliphatic rings. The van der Waals surface area contributed by atoms with E-state index in [1.807, 2.05) is 13.8 Å². The number of sulfonamides is 1. The van der Waals surface area contributed by atoms with Gasteiger partial charge >= 0.3 is 0 Å². The highest BCUT2D eigenvalue weighted by Crippen LogP contribution is 2.26. The fourth-order valence-corrected chi connectivity index (χ4v) is 5.43. The molecular formula is C19H24F2N4O3S. The van der Waals surface area contributed by atoms with Gasteiger partial charge in [0.05, 0.1) is 11.4 Å². The summed E-state index contributed by atoms with van der Waals surface area (Å²) in [5.41, 5.74) is 0.917. The highest BCUT2D eigenvalue weighted by Gasteiger charge is 2.34. The topological polar surface area (TPSA) is 75.5 Å². The number of hydrogen-bond donors (Lipinski definition) is 0. The van der Waals surface area contributed by atoms with Gasteiger partial charge in [0.1, 0.15) is 16.5 Å². The molecule has 0 spiro atoms. The smallest absolute Gasteiger partial charge is 0.254 e. The third kappa shape index (κ3) is 4.04. The molecule has 0 radical (unpaired) electrons. The Hall–Kier alpha value is -2.33. The first-order valence-corrected chi connectivity index (χ1v) is 10.8. The van der Waals surface area contributed by atoms with Gasteiger partial charge in [0.15, 0.2) is 0 Å². The lowest BCUT2D eigenvalue weighted by molar-refractivity contribution is 0.0696. The minimum Gasteiger partial charge on any atom is -0.336 e. The summed E-state index contributed by atoms with van der Waals surface area (Å²) in [6.07, 6.45) is 0. The molecule has 0 unspecified atom stereocenters. The summed E-state index contributed by atoms with van der Waals surface area (Å²) in [5, 5.41) is 4.35. The first-order valence-electron chi connectivity index (χ1n) is 9.33. The summed E-state index contributed by atoms with van der Waals surface area (Å²) in [6, 6.07) is 2.67. The second-order valence-corrected chi connectivity index (χ2v) is 9.27. The molecule has 2 heterocycles. The van der Waals surface area contributed by atoms with Crippen molar-refractivity contribution < 1.29 is 22.0 Å². The Morgan fingerprint density at radius 2 is 1.59 bits per heavy atom. The van der Waals surface area contributed by atoms with Gasteiger partial charge in [-0.2, -0.15) is 9.40 Å². The van der Waals surface area contributed by atoms with Gasteiger partial charge in [0, 0.05) is 43.9 Å². The largest absolute Gasteiger partial charge is 0.336 e. The van der Waals surface area contributed by atoms with Gasteiger partial charge in [-0.25, -0.2) is 17.2 Å². The Kier molecular flexibility index (Phi) is 5.77. The third-order valence-corrected chi connectivity index (χ3v) is 7.13. The Bertz CT molecular complexity index is 1020. The summed E-state index contributed by atoms with van der Waals surface area (Å²) in [5.74, 6) is -2.19. The maximum absolute atomic E-state index is 13.4. The fourth-order valence-electron chi connectivity index (χ4n) is 3.64. The zero-order chi connectivity index (χ0) is 21.5. The highest BCUT2D eigenvalue weighted by molar-refractivity contribution is 7.89. The molecule has 1 fully saturated rings. The molecule has 0 atom stereocenters. The number of aryl methyl sites for hydroxylation is 1. The van der Waals surface area contributed by atoms with E-state index in [9.17, 15) is 22.0 Å². The lowest BCUT2D eigenvalue weighted by Gasteiger charge is -2.34. The number of halogens is 2. The van der Waals surface area contributed by atoms with Crippen LogP contribution in [-0.2, 0) is 10.0 Å².